The van der Waals surface area contributed by atoms with Crippen molar-refractivity contribution < 1.29 is 0 Å². The zero-order valence-corrected chi connectivity index (χ0v) is 13.7. The Kier molecular flexibility index (Phi) is 17.7. The number of halogens is 1. The molecule has 0 saturated heterocycles. The van der Waals surface area contributed by atoms with Gasteiger partial charge in [-0.2, -0.15) is 0 Å². The molecule has 0 heterocycles. The topological polar surface area (TPSA) is 0 Å². The molecule has 0 spiro atoms. The Balaban J connectivity index is 2.92. The first kappa shape index (κ1) is 18.9. The van der Waals surface area contributed by atoms with E-state index in [0.717, 1.165) is 12.3 Å². The van der Waals surface area contributed by atoms with E-state index in [1.54, 1.807) is 0 Å². The molecule has 19 heavy (non-hydrogen) atoms. The van der Waals surface area contributed by atoms with Crippen molar-refractivity contribution in [2.24, 2.45) is 0 Å². The van der Waals surface area contributed by atoms with E-state index in [0.29, 0.717) is 0 Å². The van der Waals surface area contributed by atoms with Crippen molar-refractivity contribution in [2.45, 2.75) is 96.8 Å². The second-order valence-corrected chi connectivity index (χ2v) is 5.84. The number of hydrogen-bond donors (Lipinski definition) is 0. The van der Waals surface area contributed by atoms with Crippen molar-refractivity contribution in [3.63, 3.8) is 0 Å². The molecule has 0 rings (SSSR count). The Labute approximate surface area is 126 Å². The molecule has 0 bridgehead atoms. The van der Waals surface area contributed by atoms with Crippen molar-refractivity contribution in [2.75, 3.05) is 5.88 Å². The molecule has 0 aliphatic carbocycles. The Morgan fingerprint density at radius 1 is 0.579 bits per heavy atom. The molecule has 0 fully saturated rings. The smallest absolute Gasteiger partial charge is 0.0223 e. The van der Waals surface area contributed by atoms with Gasteiger partial charge in [-0.05, 0) is 19.8 Å². The molecule has 0 radical (unpaired) electrons. The van der Waals surface area contributed by atoms with Gasteiger partial charge in [0, 0.05) is 12.3 Å². The second kappa shape index (κ2) is 17.8. The minimum Gasteiger partial charge on any atom is -0.127 e. The van der Waals surface area contributed by atoms with Crippen LogP contribution >= 0.6 is 11.6 Å². The van der Waals surface area contributed by atoms with Crippen molar-refractivity contribution >= 4 is 11.6 Å². The van der Waals surface area contributed by atoms with Gasteiger partial charge in [0.2, 0.25) is 0 Å². The van der Waals surface area contributed by atoms with Gasteiger partial charge in [-0.15, -0.1) is 23.4 Å². The number of rotatable bonds is 14. The monoisotopic (exact) mass is 284 g/mol. The molecule has 0 aromatic carbocycles. The maximum atomic E-state index is 5.65. The summed E-state index contributed by atoms with van der Waals surface area (Å²) in [5, 5.41) is 0. The summed E-state index contributed by atoms with van der Waals surface area (Å²) >= 11 is 5.65. The Hall–Kier alpha value is -0.150. The Bertz CT molecular complexity index is 211. The van der Waals surface area contributed by atoms with E-state index >= 15 is 0 Å². The molecule has 0 aliphatic rings. The van der Waals surface area contributed by atoms with Crippen LogP contribution in [0.2, 0.25) is 0 Å². The van der Waals surface area contributed by atoms with Crippen LogP contribution in [-0.2, 0) is 0 Å². The lowest BCUT2D eigenvalue weighted by molar-refractivity contribution is 0.541. The third-order valence-electron chi connectivity index (χ3n) is 3.61. The highest BCUT2D eigenvalue weighted by atomic mass is 35.5. The van der Waals surface area contributed by atoms with Crippen LogP contribution in [0, 0.1) is 11.8 Å². The van der Waals surface area contributed by atoms with Crippen LogP contribution in [0.15, 0.2) is 0 Å². The zero-order valence-electron chi connectivity index (χ0n) is 13.0. The maximum Gasteiger partial charge on any atom is 0.0223 e. The van der Waals surface area contributed by atoms with E-state index in [1.807, 2.05) is 6.92 Å². The van der Waals surface area contributed by atoms with Crippen LogP contribution < -0.4 is 0 Å². The van der Waals surface area contributed by atoms with Gasteiger partial charge in [0.15, 0.2) is 0 Å². The molecule has 0 amide bonds. The van der Waals surface area contributed by atoms with Gasteiger partial charge >= 0.3 is 0 Å². The van der Waals surface area contributed by atoms with E-state index in [9.17, 15) is 0 Å². The summed E-state index contributed by atoms with van der Waals surface area (Å²) in [4.78, 5) is 0. The molecule has 0 aliphatic heterocycles. The fourth-order valence-electron chi connectivity index (χ4n) is 2.38. The largest absolute Gasteiger partial charge is 0.127 e. The highest BCUT2D eigenvalue weighted by Gasteiger charge is 1.93. The molecule has 1 heteroatoms. The molecule has 0 saturated carbocycles. The fourth-order valence-corrected chi connectivity index (χ4v) is 2.57. The number of hydrogen-bond acceptors (Lipinski definition) is 0. The van der Waals surface area contributed by atoms with Gasteiger partial charge in [-0.3, -0.25) is 0 Å². The molecule has 0 atom stereocenters. The van der Waals surface area contributed by atoms with E-state index in [2.05, 4.69) is 11.8 Å². The molecule has 0 aromatic rings. The normalized spacial score (nSPS) is 10.2. The summed E-state index contributed by atoms with van der Waals surface area (Å²) in [7, 11) is 0. The predicted molar refractivity (Wildman–Crippen MR) is 88.8 cm³/mol. The summed E-state index contributed by atoms with van der Waals surface area (Å²) in [5.74, 6) is 6.93. The molecular weight excluding hydrogens is 252 g/mol. The van der Waals surface area contributed by atoms with Crippen LogP contribution in [0.5, 0.6) is 0 Å². The van der Waals surface area contributed by atoms with E-state index in [4.69, 9.17) is 11.6 Å². The molecule has 112 valence electrons. The average Bonchev–Trinajstić information content (AvgIpc) is 2.43. The maximum absolute atomic E-state index is 5.65. The molecule has 0 aromatic heterocycles. The highest BCUT2D eigenvalue weighted by molar-refractivity contribution is 6.17. The van der Waals surface area contributed by atoms with Crippen molar-refractivity contribution in [3.8, 4) is 11.8 Å². The van der Waals surface area contributed by atoms with Crippen molar-refractivity contribution in [3.05, 3.63) is 0 Å². The first-order chi connectivity index (χ1) is 9.41. The van der Waals surface area contributed by atoms with Gasteiger partial charge in [0.25, 0.3) is 0 Å². The van der Waals surface area contributed by atoms with Crippen LogP contribution in [-0.4, -0.2) is 5.88 Å². The summed E-state index contributed by atoms with van der Waals surface area (Å²) < 4.78 is 0. The van der Waals surface area contributed by atoms with Gasteiger partial charge < -0.3 is 0 Å². The highest BCUT2D eigenvalue weighted by Crippen LogP contribution is 2.12. The molecule has 0 nitrogen and oxygen atoms in total. The van der Waals surface area contributed by atoms with Gasteiger partial charge in [-0.1, -0.05) is 70.6 Å². The minimum absolute atomic E-state index is 0.838. The van der Waals surface area contributed by atoms with E-state index in [1.165, 1.54) is 83.5 Å². The summed E-state index contributed by atoms with van der Waals surface area (Å²) in [6, 6.07) is 0. The van der Waals surface area contributed by atoms with E-state index < -0.39 is 0 Å². The molecular formula is C18H33Cl. The molecule has 0 unspecified atom stereocenters. The number of alkyl halides is 1. The standard InChI is InChI=1S/C18H33Cl/c1-2-3-4-5-6-7-8-9-10-11-12-13-14-15-16-17-18-19/h4-18H2,1H3. The van der Waals surface area contributed by atoms with Crippen LogP contribution in [0.3, 0.4) is 0 Å². The van der Waals surface area contributed by atoms with Gasteiger partial charge in [0.05, 0.1) is 0 Å². The zero-order chi connectivity index (χ0) is 14.0. The van der Waals surface area contributed by atoms with Crippen LogP contribution in [0.4, 0.5) is 0 Å². The minimum atomic E-state index is 0.838. The SMILES string of the molecule is CC#CCCCCCCCCCCCCCCCCl. The van der Waals surface area contributed by atoms with Crippen molar-refractivity contribution in [1.82, 2.24) is 0 Å². The third kappa shape index (κ3) is 17.9. The Morgan fingerprint density at radius 2 is 0.947 bits per heavy atom. The lowest BCUT2D eigenvalue weighted by Gasteiger charge is -2.02. The molecule has 0 N–H and O–H groups in total. The Morgan fingerprint density at radius 3 is 1.32 bits per heavy atom. The lowest BCUT2D eigenvalue weighted by Crippen LogP contribution is -1.83. The van der Waals surface area contributed by atoms with E-state index in [-0.39, 0.29) is 0 Å². The first-order valence-corrected chi connectivity index (χ1v) is 8.91. The number of unbranched alkanes of at least 4 members (excludes halogenated alkanes) is 13. The van der Waals surface area contributed by atoms with Gasteiger partial charge in [-0.25, -0.2) is 0 Å². The van der Waals surface area contributed by atoms with Crippen LogP contribution in [0.25, 0.3) is 0 Å². The summed E-state index contributed by atoms with van der Waals surface area (Å²) in [6.45, 7) is 1.93. The third-order valence-corrected chi connectivity index (χ3v) is 3.88. The predicted octanol–water partition coefficient (Wildman–Crippen LogP) is 6.71. The summed E-state index contributed by atoms with van der Waals surface area (Å²) in [5.41, 5.74) is 0. The average molecular weight is 285 g/mol. The van der Waals surface area contributed by atoms with Crippen molar-refractivity contribution in [1.29, 1.82) is 0 Å². The first-order valence-electron chi connectivity index (χ1n) is 8.37. The second-order valence-electron chi connectivity index (χ2n) is 5.46. The lowest BCUT2D eigenvalue weighted by atomic mass is 10.0. The van der Waals surface area contributed by atoms with Gasteiger partial charge in [0.1, 0.15) is 0 Å². The van der Waals surface area contributed by atoms with Crippen LogP contribution in [0.1, 0.15) is 96.8 Å². The quantitative estimate of drug-likeness (QED) is 0.189. The summed E-state index contributed by atoms with van der Waals surface area (Å²) in [6.07, 6.45) is 19.1. The fraction of sp³-hybridized carbons (Fsp3) is 0.889.